The van der Waals surface area contributed by atoms with Gasteiger partial charge in [0.05, 0.1) is 11.4 Å². The highest BCUT2D eigenvalue weighted by Gasteiger charge is 2.13. The summed E-state index contributed by atoms with van der Waals surface area (Å²) in [5.74, 6) is -1.41. The fourth-order valence-corrected chi connectivity index (χ4v) is 3.55. The summed E-state index contributed by atoms with van der Waals surface area (Å²) in [7, 11) is -3.37. The molecule has 0 aliphatic heterocycles. The average molecular weight is 440 g/mol. The summed E-state index contributed by atoms with van der Waals surface area (Å²) in [5.41, 5.74) is 0.172. The van der Waals surface area contributed by atoms with E-state index >= 15 is 0 Å². The molecule has 0 radical (unpaired) electrons. The number of rotatable bonds is 6. The SMILES string of the molecule is CS(=O)(=O)c1cccc(Cn2ccc(OCc3ccc(F)cc3F)c(Cl)c2=O)c1. The summed E-state index contributed by atoms with van der Waals surface area (Å²) in [6, 6.07) is 10.8. The topological polar surface area (TPSA) is 65.4 Å². The maximum absolute atomic E-state index is 13.7. The van der Waals surface area contributed by atoms with Gasteiger partial charge in [0.15, 0.2) is 9.84 Å². The van der Waals surface area contributed by atoms with Crippen molar-refractivity contribution in [2.24, 2.45) is 0 Å². The van der Waals surface area contributed by atoms with Crippen molar-refractivity contribution in [3.8, 4) is 5.75 Å². The van der Waals surface area contributed by atoms with Gasteiger partial charge >= 0.3 is 0 Å². The molecule has 0 saturated carbocycles. The minimum Gasteiger partial charge on any atom is -0.487 e. The Morgan fingerprint density at radius 3 is 2.55 bits per heavy atom. The smallest absolute Gasteiger partial charge is 0.273 e. The van der Waals surface area contributed by atoms with E-state index in [1.54, 1.807) is 12.1 Å². The van der Waals surface area contributed by atoms with Crippen LogP contribution in [0.4, 0.5) is 8.78 Å². The van der Waals surface area contributed by atoms with Crippen LogP contribution in [0.1, 0.15) is 11.1 Å². The molecular weight excluding hydrogens is 424 g/mol. The van der Waals surface area contributed by atoms with Crippen molar-refractivity contribution in [3.05, 3.63) is 92.9 Å². The van der Waals surface area contributed by atoms with Crippen LogP contribution in [-0.2, 0) is 23.0 Å². The first-order valence-electron chi connectivity index (χ1n) is 8.40. The van der Waals surface area contributed by atoms with Crippen LogP contribution in [0, 0.1) is 11.6 Å². The molecule has 152 valence electrons. The van der Waals surface area contributed by atoms with Gasteiger partial charge in [0, 0.05) is 24.1 Å². The number of nitrogens with zero attached hydrogens (tertiary/aromatic N) is 1. The van der Waals surface area contributed by atoms with Crippen LogP contribution in [0.25, 0.3) is 0 Å². The predicted molar refractivity (Wildman–Crippen MR) is 105 cm³/mol. The van der Waals surface area contributed by atoms with E-state index < -0.39 is 27.0 Å². The van der Waals surface area contributed by atoms with Gasteiger partial charge in [-0.2, -0.15) is 0 Å². The summed E-state index contributed by atoms with van der Waals surface area (Å²) in [5, 5.41) is -0.200. The molecule has 1 aromatic heterocycles. The Morgan fingerprint density at radius 2 is 1.86 bits per heavy atom. The van der Waals surface area contributed by atoms with Crippen LogP contribution in [0.5, 0.6) is 5.75 Å². The van der Waals surface area contributed by atoms with Gasteiger partial charge in [-0.05, 0) is 35.9 Å². The van der Waals surface area contributed by atoms with Gasteiger partial charge in [0.1, 0.15) is 29.0 Å². The van der Waals surface area contributed by atoms with E-state index in [1.807, 2.05) is 0 Å². The minimum atomic E-state index is -3.37. The Bertz CT molecular complexity index is 1230. The average Bonchev–Trinajstić information content (AvgIpc) is 2.66. The van der Waals surface area contributed by atoms with Gasteiger partial charge in [-0.25, -0.2) is 17.2 Å². The van der Waals surface area contributed by atoms with Gasteiger partial charge in [-0.15, -0.1) is 0 Å². The first kappa shape index (κ1) is 21.0. The van der Waals surface area contributed by atoms with E-state index in [9.17, 15) is 22.0 Å². The Labute approximate surface area is 171 Å². The van der Waals surface area contributed by atoms with E-state index in [0.29, 0.717) is 5.56 Å². The molecule has 0 aliphatic rings. The van der Waals surface area contributed by atoms with Crippen LogP contribution in [0.3, 0.4) is 0 Å². The first-order valence-corrected chi connectivity index (χ1v) is 10.7. The first-order chi connectivity index (χ1) is 13.6. The molecule has 2 aromatic carbocycles. The molecule has 0 aliphatic carbocycles. The van der Waals surface area contributed by atoms with E-state index in [-0.39, 0.29) is 34.4 Å². The van der Waals surface area contributed by atoms with Crippen molar-refractivity contribution in [2.45, 2.75) is 18.0 Å². The molecule has 0 atom stereocenters. The summed E-state index contributed by atoms with van der Waals surface area (Å²) in [6.07, 6.45) is 2.54. The fraction of sp³-hybridized carbons (Fsp3) is 0.150. The lowest BCUT2D eigenvalue weighted by molar-refractivity contribution is 0.298. The zero-order valence-corrected chi connectivity index (χ0v) is 16.8. The number of hydrogen-bond acceptors (Lipinski definition) is 4. The Balaban J connectivity index is 1.80. The van der Waals surface area contributed by atoms with Gasteiger partial charge in [-0.3, -0.25) is 4.79 Å². The third-order valence-corrected chi connectivity index (χ3v) is 5.61. The molecule has 29 heavy (non-hydrogen) atoms. The van der Waals surface area contributed by atoms with Gasteiger partial charge in [0.2, 0.25) is 0 Å². The normalized spacial score (nSPS) is 11.4. The lowest BCUT2D eigenvalue weighted by atomic mass is 10.2. The van der Waals surface area contributed by atoms with Gasteiger partial charge in [0.25, 0.3) is 5.56 Å². The molecule has 9 heteroatoms. The molecule has 0 saturated heterocycles. The molecule has 0 unspecified atom stereocenters. The second kappa shape index (κ2) is 8.34. The number of sulfone groups is 1. The molecule has 0 spiro atoms. The van der Waals surface area contributed by atoms with E-state index in [0.717, 1.165) is 18.4 Å². The zero-order chi connectivity index (χ0) is 21.2. The van der Waals surface area contributed by atoms with E-state index in [4.69, 9.17) is 16.3 Å². The second-order valence-corrected chi connectivity index (χ2v) is 8.76. The summed E-state index contributed by atoms with van der Waals surface area (Å²) in [4.78, 5) is 12.7. The van der Waals surface area contributed by atoms with Crippen LogP contribution >= 0.6 is 11.6 Å². The molecule has 3 rings (SSSR count). The van der Waals surface area contributed by atoms with Crippen LogP contribution in [0.15, 0.2) is 64.4 Å². The second-order valence-electron chi connectivity index (χ2n) is 6.37. The van der Waals surface area contributed by atoms with Crippen LogP contribution < -0.4 is 10.3 Å². The van der Waals surface area contributed by atoms with Crippen molar-refractivity contribution in [1.29, 1.82) is 0 Å². The predicted octanol–water partition coefficient (Wildman–Crippen LogP) is 3.81. The van der Waals surface area contributed by atoms with Crippen molar-refractivity contribution in [1.82, 2.24) is 4.57 Å². The van der Waals surface area contributed by atoms with Crippen molar-refractivity contribution in [3.63, 3.8) is 0 Å². The molecule has 5 nitrogen and oxygen atoms in total. The highest BCUT2D eigenvalue weighted by Crippen LogP contribution is 2.22. The molecule has 1 heterocycles. The standard InChI is InChI=1S/C20H16ClF2NO4S/c1-29(26,27)16-4-2-3-13(9-16)11-24-8-7-18(19(21)20(24)25)28-12-14-5-6-15(22)10-17(14)23/h2-10H,11-12H2,1H3. The molecule has 3 aromatic rings. The van der Waals surface area contributed by atoms with Crippen molar-refractivity contribution in [2.75, 3.05) is 6.26 Å². The van der Waals surface area contributed by atoms with Crippen LogP contribution in [0.2, 0.25) is 5.02 Å². The summed E-state index contributed by atoms with van der Waals surface area (Å²) < 4.78 is 56.7. The maximum atomic E-state index is 13.7. The molecular formula is C20H16ClF2NO4S. The van der Waals surface area contributed by atoms with Crippen LogP contribution in [-0.4, -0.2) is 19.2 Å². The molecule has 0 amide bonds. The third kappa shape index (κ3) is 5.02. The number of halogens is 3. The van der Waals surface area contributed by atoms with Gasteiger partial charge < -0.3 is 9.30 Å². The Morgan fingerprint density at radius 1 is 1.10 bits per heavy atom. The highest BCUT2D eigenvalue weighted by molar-refractivity contribution is 7.90. The highest BCUT2D eigenvalue weighted by atomic mass is 35.5. The largest absolute Gasteiger partial charge is 0.487 e. The summed E-state index contributed by atoms with van der Waals surface area (Å²) in [6.45, 7) is -0.125. The Hall–Kier alpha value is -2.71. The molecule has 0 fully saturated rings. The number of benzene rings is 2. The monoisotopic (exact) mass is 439 g/mol. The van der Waals surface area contributed by atoms with E-state index in [2.05, 4.69) is 0 Å². The quantitative estimate of drug-likeness (QED) is 0.586. The molecule has 0 N–H and O–H groups in total. The molecule has 0 bridgehead atoms. The third-order valence-electron chi connectivity index (χ3n) is 4.15. The lowest BCUT2D eigenvalue weighted by Gasteiger charge is -2.12. The van der Waals surface area contributed by atoms with Crippen molar-refractivity contribution >= 4 is 21.4 Å². The zero-order valence-electron chi connectivity index (χ0n) is 15.2. The summed E-state index contributed by atoms with van der Waals surface area (Å²) >= 11 is 6.09. The van der Waals surface area contributed by atoms with E-state index in [1.165, 1.54) is 35.0 Å². The fourth-order valence-electron chi connectivity index (χ4n) is 2.63. The number of pyridine rings is 1. The lowest BCUT2D eigenvalue weighted by Crippen LogP contribution is -2.21. The number of aromatic nitrogens is 1. The minimum absolute atomic E-state index is 0.0570. The Kier molecular flexibility index (Phi) is 6.04. The number of hydrogen-bond donors (Lipinski definition) is 0. The van der Waals surface area contributed by atoms with Gasteiger partial charge in [-0.1, -0.05) is 23.7 Å². The maximum Gasteiger partial charge on any atom is 0.273 e. The van der Waals surface area contributed by atoms with Crippen molar-refractivity contribution < 1.29 is 21.9 Å². The number of ether oxygens (including phenoxy) is 1.